The number of nitrogens with zero attached hydrogens (tertiary/aromatic N) is 6. The highest BCUT2D eigenvalue weighted by Gasteiger charge is 2.49. The number of carbonyl (C=O) groups is 2. The van der Waals surface area contributed by atoms with Crippen molar-refractivity contribution in [3.8, 4) is 11.6 Å². The van der Waals surface area contributed by atoms with Crippen molar-refractivity contribution < 1.29 is 28.7 Å². The van der Waals surface area contributed by atoms with Crippen LogP contribution in [0.4, 0.5) is 17.3 Å². The van der Waals surface area contributed by atoms with Gasteiger partial charge in [-0.3, -0.25) is 14.5 Å². The fraction of sp³-hybridized carbons (Fsp3) is 0.360. The maximum Gasteiger partial charge on any atom is 0.260 e. The van der Waals surface area contributed by atoms with Crippen molar-refractivity contribution in [2.24, 2.45) is 0 Å². The Morgan fingerprint density at radius 1 is 1.23 bits per heavy atom. The molecule has 0 aliphatic carbocycles. The molecule has 0 spiro atoms. The molecule has 0 radical (unpaired) electrons. The van der Waals surface area contributed by atoms with E-state index in [1.807, 2.05) is 20.8 Å². The summed E-state index contributed by atoms with van der Waals surface area (Å²) in [5.74, 6) is -0.595. The van der Waals surface area contributed by atoms with Gasteiger partial charge in [-0.25, -0.2) is 4.68 Å². The van der Waals surface area contributed by atoms with Crippen molar-refractivity contribution in [2.45, 2.75) is 45.0 Å². The third-order valence-corrected chi connectivity index (χ3v) is 5.96. The zero-order valence-corrected chi connectivity index (χ0v) is 21.8. The normalized spacial score (nSPS) is 17.7. The van der Waals surface area contributed by atoms with Crippen LogP contribution in [0.25, 0.3) is 16.7 Å². The Kier molecular flexibility index (Phi) is 6.44. The lowest BCUT2D eigenvalue weighted by Crippen LogP contribution is -2.61. The monoisotopic (exact) mass is 536 g/mol. The van der Waals surface area contributed by atoms with Gasteiger partial charge in [-0.1, -0.05) is 5.16 Å². The minimum Gasteiger partial charge on any atom is -0.471 e. The number of ether oxygens (including phenoxy) is 2. The summed E-state index contributed by atoms with van der Waals surface area (Å²) in [4.78, 5) is 27.8. The summed E-state index contributed by atoms with van der Waals surface area (Å²) >= 11 is 0. The van der Waals surface area contributed by atoms with Crippen molar-refractivity contribution in [1.82, 2.24) is 25.1 Å². The molecule has 204 valence electrons. The number of nitrogens with two attached hydrogens (primary N) is 1. The van der Waals surface area contributed by atoms with Gasteiger partial charge in [-0.2, -0.15) is 5.10 Å². The lowest BCUT2D eigenvalue weighted by molar-refractivity contribution is -0.165. The van der Waals surface area contributed by atoms with Crippen LogP contribution in [0, 0.1) is 0 Å². The SMILES string of the molecule is CC(C)(C)Oc1cc(-n2ccc(N3CCOC(C(C)(O)C(=O)Nc4ccc5c(N)noc5c4)C3=O)n2)cnn1. The molecule has 0 saturated carbocycles. The first-order chi connectivity index (χ1) is 18.4. The van der Waals surface area contributed by atoms with Gasteiger partial charge in [-0.05, 0) is 39.8 Å². The predicted octanol–water partition coefficient (Wildman–Crippen LogP) is 1.68. The Morgan fingerprint density at radius 2 is 2.03 bits per heavy atom. The third-order valence-electron chi connectivity index (χ3n) is 5.96. The number of nitrogen functional groups attached to an aromatic ring is 1. The van der Waals surface area contributed by atoms with Crippen molar-refractivity contribution in [1.29, 1.82) is 0 Å². The molecule has 4 aromatic rings. The van der Waals surface area contributed by atoms with E-state index < -0.39 is 29.1 Å². The first kappa shape index (κ1) is 26.1. The van der Waals surface area contributed by atoms with Crippen LogP contribution in [-0.2, 0) is 14.3 Å². The summed E-state index contributed by atoms with van der Waals surface area (Å²) in [7, 11) is 0. The summed E-state index contributed by atoms with van der Waals surface area (Å²) < 4.78 is 18.0. The van der Waals surface area contributed by atoms with Crippen LogP contribution in [0.3, 0.4) is 0 Å². The number of aromatic nitrogens is 5. The van der Waals surface area contributed by atoms with Crippen LogP contribution in [-0.4, -0.2) is 72.5 Å². The van der Waals surface area contributed by atoms with E-state index in [0.717, 1.165) is 0 Å². The number of carbonyl (C=O) groups excluding carboxylic acids is 2. The average molecular weight is 537 g/mol. The molecule has 14 heteroatoms. The zero-order valence-electron chi connectivity index (χ0n) is 21.8. The summed E-state index contributed by atoms with van der Waals surface area (Å²) in [6.07, 6.45) is 1.69. The van der Waals surface area contributed by atoms with E-state index in [2.05, 4.69) is 25.8 Å². The van der Waals surface area contributed by atoms with Gasteiger partial charge >= 0.3 is 0 Å². The molecule has 3 aromatic heterocycles. The van der Waals surface area contributed by atoms with E-state index in [1.165, 1.54) is 28.8 Å². The quantitative estimate of drug-likeness (QED) is 0.326. The second-order valence-corrected chi connectivity index (χ2v) is 10.2. The minimum absolute atomic E-state index is 0.0797. The van der Waals surface area contributed by atoms with Gasteiger partial charge in [0, 0.05) is 30.1 Å². The standard InChI is InChI=1S/C25H28N8O6/c1-24(2,3)38-19-12-15(13-27-29-19)33-8-7-18(30-33)32-9-10-37-20(22(32)34)25(4,36)23(35)28-14-5-6-16-17(11-14)39-31-21(16)26/h5-8,11-13,20,36H,9-10H2,1-4H3,(H2,26,31)(H,28,35). The molecule has 39 heavy (non-hydrogen) atoms. The number of hydrogen-bond acceptors (Lipinski definition) is 11. The maximum absolute atomic E-state index is 13.4. The second-order valence-electron chi connectivity index (χ2n) is 10.2. The van der Waals surface area contributed by atoms with Gasteiger partial charge in [0.05, 0.1) is 30.4 Å². The van der Waals surface area contributed by atoms with Gasteiger partial charge in [0.25, 0.3) is 11.8 Å². The molecule has 1 fully saturated rings. The Labute approximate surface area is 222 Å². The number of rotatable bonds is 6. The lowest BCUT2D eigenvalue weighted by atomic mass is 9.95. The van der Waals surface area contributed by atoms with Crippen LogP contribution in [0.15, 0.2) is 47.2 Å². The van der Waals surface area contributed by atoms with Gasteiger partial charge in [0.15, 0.2) is 28.9 Å². The number of aliphatic hydroxyl groups is 1. The number of benzene rings is 1. The third kappa shape index (κ3) is 5.24. The number of amides is 2. The largest absolute Gasteiger partial charge is 0.471 e. The van der Waals surface area contributed by atoms with E-state index in [1.54, 1.807) is 30.5 Å². The molecule has 5 rings (SSSR count). The zero-order chi connectivity index (χ0) is 27.9. The minimum atomic E-state index is -2.21. The van der Waals surface area contributed by atoms with Crippen molar-refractivity contribution in [3.05, 3.63) is 42.7 Å². The molecule has 4 heterocycles. The number of nitrogens with one attached hydrogen (secondary N) is 1. The molecule has 4 N–H and O–H groups in total. The average Bonchev–Trinajstić information content (AvgIpc) is 3.50. The fourth-order valence-corrected chi connectivity index (χ4v) is 4.05. The highest BCUT2D eigenvalue weighted by atomic mass is 16.5. The van der Waals surface area contributed by atoms with Crippen LogP contribution < -0.4 is 20.7 Å². The molecule has 1 saturated heterocycles. The van der Waals surface area contributed by atoms with Gasteiger partial charge < -0.3 is 30.2 Å². The Hall–Kier alpha value is -4.56. The summed E-state index contributed by atoms with van der Waals surface area (Å²) in [6.45, 7) is 7.17. The number of hydrogen-bond donors (Lipinski definition) is 3. The molecule has 14 nitrogen and oxygen atoms in total. The van der Waals surface area contributed by atoms with Gasteiger partial charge in [0.2, 0.25) is 5.88 Å². The Morgan fingerprint density at radius 3 is 2.79 bits per heavy atom. The summed E-state index contributed by atoms with van der Waals surface area (Å²) in [5.41, 5.74) is 4.31. The topological polar surface area (TPSA) is 184 Å². The van der Waals surface area contributed by atoms with E-state index >= 15 is 0 Å². The van der Waals surface area contributed by atoms with Crippen molar-refractivity contribution in [3.63, 3.8) is 0 Å². The molecule has 1 aliphatic heterocycles. The molecular weight excluding hydrogens is 508 g/mol. The maximum atomic E-state index is 13.4. The number of anilines is 3. The molecular formula is C25H28N8O6. The second kappa shape index (κ2) is 9.63. The van der Waals surface area contributed by atoms with E-state index in [9.17, 15) is 14.7 Å². The predicted molar refractivity (Wildman–Crippen MR) is 139 cm³/mol. The van der Waals surface area contributed by atoms with E-state index in [0.29, 0.717) is 34.0 Å². The van der Waals surface area contributed by atoms with E-state index in [4.69, 9.17) is 19.7 Å². The number of morpholine rings is 1. The van der Waals surface area contributed by atoms with Gasteiger partial charge in [-0.15, -0.1) is 10.2 Å². The van der Waals surface area contributed by atoms with Gasteiger partial charge in [0.1, 0.15) is 5.60 Å². The molecule has 2 amide bonds. The van der Waals surface area contributed by atoms with Crippen LogP contribution in [0.2, 0.25) is 0 Å². The van der Waals surface area contributed by atoms with E-state index in [-0.39, 0.29) is 19.0 Å². The highest BCUT2D eigenvalue weighted by Crippen LogP contribution is 2.28. The molecule has 1 aliphatic rings. The Bertz CT molecular complexity index is 1540. The first-order valence-corrected chi connectivity index (χ1v) is 12.1. The lowest BCUT2D eigenvalue weighted by Gasteiger charge is -2.37. The summed E-state index contributed by atoms with van der Waals surface area (Å²) in [6, 6.07) is 8.04. The highest BCUT2D eigenvalue weighted by molar-refractivity contribution is 6.06. The molecule has 2 unspecified atom stereocenters. The van der Waals surface area contributed by atoms with Crippen molar-refractivity contribution in [2.75, 3.05) is 29.1 Å². The smallest absolute Gasteiger partial charge is 0.260 e. The van der Waals surface area contributed by atoms with Crippen LogP contribution >= 0.6 is 0 Å². The first-order valence-electron chi connectivity index (χ1n) is 12.1. The molecule has 1 aromatic carbocycles. The number of fused-ring (bicyclic) bond motifs is 1. The molecule has 2 atom stereocenters. The molecule has 0 bridgehead atoms. The Balaban J connectivity index is 1.32. The fourth-order valence-electron chi connectivity index (χ4n) is 4.05. The summed E-state index contributed by atoms with van der Waals surface area (Å²) in [5, 5.41) is 30.4. The van der Waals surface area contributed by atoms with Crippen LogP contribution in [0.5, 0.6) is 5.88 Å². The van der Waals surface area contributed by atoms with Crippen molar-refractivity contribution >= 4 is 40.1 Å². The van der Waals surface area contributed by atoms with Crippen LogP contribution in [0.1, 0.15) is 27.7 Å².